The third kappa shape index (κ3) is 2.15. The van der Waals surface area contributed by atoms with Crippen LogP contribution in [-0.4, -0.2) is 25.1 Å². The molecule has 0 bridgehead atoms. The molecular formula is C15H12ClN3O2S. The molecule has 0 saturated heterocycles. The number of rotatable bonds is 1. The van der Waals surface area contributed by atoms with Crippen molar-refractivity contribution >= 4 is 22.8 Å². The molecule has 0 radical (unpaired) electrons. The summed E-state index contributed by atoms with van der Waals surface area (Å²) in [7, 11) is 0. The Kier molecular flexibility index (Phi) is 3.25. The zero-order chi connectivity index (χ0) is 15.3. The van der Waals surface area contributed by atoms with Crippen molar-refractivity contribution in [2.45, 2.75) is 12.2 Å². The highest BCUT2D eigenvalue weighted by Crippen LogP contribution is 2.29. The second-order valence-electron chi connectivity index (χ2n) is 5.24. The summed E-state index contributed by atoms with van der Waals surface area (Å²) in [5.74, 6) is 1.09. The summed E-state index contributed by atoms with van der Waals surface area (Å²) in [4.78, 5) is 15.7. The Labute approximate surface area is 134 Å². The minimum absolute atomic E-state index is 0.187. The number of aromatic nitrogens is 3. The fourth-order valence-corrected chi connectivity index (χ4v) is 4.08. The van der Waals surface area contributed by atoms with Crippen LogP contribution >= 0.6 is 11.6 Å². The van der Waals surface area contributed by atoms with Gasteiger partial charge in [-0.3, -0.25) is 4.79 Å². The van der Waals surface area contributed by atoms with Crippen LogP contribution in [0.5, 0.6) is 0 Å². The van der Waals surface area contributed by atoms with E-state index in [2.05, 4.69) is 10.1 Å². The molecule has 0 spiro atoms. The van der Waals surface area contributed by atoms with Gasteiger partial charge in [0.25, 0.3) is 5.56 Å². The van der Waals surface area contributed by atoms with Gasteiger partial charge in [-0.15, -0.1) is 0 Å². The third-order valence-electron chi connectivity index (χ3n) is 3.88. The van der Waals surface area contributed by atoms with Crippen molar-refractivity contribution in [2.24, 2.45) is 0 Å². The van der Waals surface area contributed by atoms with Crippen LogP contribution in [0.2, 0.25) is 5.02 Å². The van der Waals surface area contributed by atoms with Crippen LogP contribution in [0.3, 0.4) is 0 Å². The quantitative estimate of drug-likeness (QED) is 0.693. The number of hydrogen-bond donors (Lipinski definition) is 1. The van der Waals surface area contributed by atoms with Crippen LogP contribution < -0.4 is 5.56 Å². The number of nitrogens with zero attached hydrogens (tertiary/aromatic N) is 2. The van der Waals surface area contributed by atoms with Crippen molar-refractivity contribution in [2.75, 3.05) is 5.75 Å². The normalized spacial score (nSPS) is 17.6. The fraction of sp³-hybridized carbons (Fsp3) is 0.200. The predicted molar refractivity (Wildman–Crippen MR) is 86.2 cm³/mol. The number of benzene rings is 1. The number of pyridine rings is 1. The minimum Gasteiger partial charge on any atom is -0.616 e. The molecular weight excluding hydrogens is 322 g/mol. The molecule has 22 heavy (non-hydrogen) atoms. The van der Waals surface area contributed by atoms with Gasteiger partial charge in [-0.25, -0.2) is 0 Å². The maximum atomic E-state index is 12.6. The summed E-state index contributed by atoms with van der Waals surface area (Å²) in [5.41, 5.74) is 3.55. The first-order valence-electron chi connectivity index (χ1n) is 6.86. The van der Waals surface area contributed by atoms with Crippen LogP contribution in [0.1, 0.15) is 11.3 Å². The summed E-state index contributed by atoms with van der Waals surface area (Å²) in [6.45, 7) is 0. The van der Waals surface area contributed by atoms with E-state index in [0.29, 0.717) is 33.5 Å². The molecule has 0 fully saturated rings. The zero-order valence-corrected chi connectivity index (χ0v) is 13.1. The molecule has 1 unspecified atom stereocenters. The molecule has 3 aliphatic rings. The van der Waals surface area contributed by atoms with Gasteiger partial charge in [-0.2, -0.15) is 9.78 Å². The first kappa shape index (κ1) is 13.9. The van der Waals surface area contributed by atoms with E-state index < -0.39 is 11.2 Å². The Morgan fingerprint density at radius 1 is 1.32 bits per heavy atom. The lowest BCUT2D eigenvalue weighted by Gasteiger charge is -2.20. The summed E-state index contributed by atoms with van der Waals surface area (Å²) in [5, 5.41) is 5.07. The van der Waals surface area contributed by atoms with E-state index in [1.54, 1.807) is 30.5 Å². The average molecular weight is 334 g/mol. The highest BCUT2D eigenvalue weighted by atomic mass is 35.5. The van der Waals surface area contributed by atoms with Gasteiger partial charge in [0.1, 0.15) is 17.2 Å². The predicted octanol–water partition coefficient (Wildman–Crippen LogP) is 2.12. The lowest BCUT2D eigenvalue weighted by atomic mass is 10.1. The monoisotopic (exact) mass is 333 g/mol. The van der Waals surface area contributed by atoms with Gasteiger partial charge in [0.05, 0.1) is 11.3 Å². The minimum atomic E-state index is -0.891. The Hall–Kier alpha value is -1.76. The summed E-state index contributed by atoms with van der Waals surface area (Å²) in [6.07, 6.45) is 2.42. The number of aromatic amines is 1. The van der Waals surface area contributed by atoms with E-state index >= 15 is 0 Å². The van der Waals surface area contributed by atoms with Gasteiger partial charge < -0.3 is 9.54 Å². The second kappa shape index (κ2) is 5.15. The standard InChI is InChI=1S/C15H12ClN3O2S/c16-9-1-3-10(4-2-9)19-15(20)11-7-17-13-5-6-22(21)8-12(13)14(11)18-19/h1-4,7,17H,5-6,8H2. The first-order chi connectivity index (χ1) is 10.6. The van der Waals surface area contributed by atoms with Gasteiger partial charge in [-0.1, -0.05) is 11.6 Å². The zero-order valence-electron chi connectivity index (χ0n) is 11.5. The number of halogens is 1. The fourth-order valence-electron chi connectivity index (χ4n) is 2.74. The van der Waals surface area contributed by atoms with Gasteiger partial charge >= 0.3 is 0 Å². The number of hydrogen-bond acceptors (Lipinski definition) is 3. The smallest absolute Gasteiger partial charge is 0.282 e. The molecule has 112 valence electrons. The topological polar surface area (TPSA) is 73.7 Å². The molecule has 1 aromatic rings. The molecule has 0 aromatic heterocycles. The molecule has 0 amide bonds. The molecule has 3 heterocycles. The molecule has 7 heteroatoms. The van der Waals surface area contributed by atoms with E-state index in [-0.39, 0.29) is 5.56 Å². The molecule has 5 nitrogen and oxygen atoms in total. The Morgan fingerprint density at radius 3 is 2.86 bits per heavy atom. The van der Waals surface area contributed by atoms with Crippen molar-refractivity contribution < 1.29 is 4.55 Å². The van der Waals surface area contributed by atoms with Gasteiger partial charge in [0.2, 0.25) is 0 Å². The van der Waals surface area contributed by atoms with Crippen molar-refractivity contribution in [3.05, 3.63) is 57.1 Å². The SMILES string of the molecule is O=c1c2c[nH]c3c(c-2nn1-c1ccc(Cl)cc1)C[S+]([O-])CC3. The van der Waals surface area contributed by atoms with Gasteiger partial charge in [0, 0.05) is 28.9 Å². The number of nitrogens with one attached hydrogen (secondary N) is 1. The molecule has 1 aromatic carbocycles. The lowest BCUT2D eigenvalue weighted by molar-refractivity contribution is 0.589. The Balaban J connectivity index is 1.93. The molecule has 1 atom stereocenters. The third-order valence-corrected chi connectivity index (χ3v) is 5.40. The lowest BCUT2D eigenvalue weighted by Crippen LogP contribution is -2.21. The van der Waals surface area contributed by atoms with E-state index in [9.17, 15) is 9.35 Å². The second-order valence-corrected chi connectivity index (χ2v) is 7.25. The van der Waals surface area contributed by atoms with E-state index in [1.165, 1.54) is 4.68 Å². The Morgan fingerprint density at radius 2 is 2.09 bits per heavy atom. The average Bonchev–Trinajstić information content (AvgIpc) is 2.86. The Bertz CT molecular complexity index is 872. The van der Waals surface area contributed by atoms with Crippen LogP contribution in [0.15, 0.2) is 35.3 Å². The van der Waals surface area contributed by atoms with Crippen LogP contribution in [0, 0.1) is 0 Å². The molecule has 0 saturated carbocycles. The maximum Gasteiger partial charge on any atom is 0.282 e. The maximum absolute atomic E-state index is 12.6. The van der Waals surface area contributed by atoms with Crippen LogP contribution in [0.4, 0.5) is 0 Å². The molecule has 0 aliphatic carbocycles. The molecule has 1 N–H and O–H groups in total. The van der Waals surface area contributed by atoms with Gasteiger partial charge in [-0.05, 0) is 35.4 Å². The van der Waals surface area contributed by atoms with Crippen molar-refractivity contribution in [1.82, 2.24) is 14.8 Å². The largest absolute Gasteiger partial charge is 0.616 e. The van der Waals surface area contributed by atoms with E-state index in [0.717, 1.165) is 17.7 Å². The van der Waals surface area contributed by atoms with Crippen molar-refractivity contribution in [3.8, 4) is 16.9 Å². The summed E-state index contributed by atoms with van der Waals surface area (Å²) >= 11 is 4.99. The molecule has 3 aliphatic heterocycles. The number of H-pyrrole nitrogens is 1. The molecule has 4 rings (SSSR count). The summed E-state index contributed by atoms with van der Waals surface area (Å²) in [6, 6.07) is 6.95. The summed E-state index contributed by atoms with van der Waals surface area (Å²) < 4.78 is 13.2. The highest BCUT2D eigenvalue weighted by Gasteiger charge is 2.28. The van der Waals surface area contributed by atoms with E-state index in [4.69, 9.17) is 11.6 Å². The van der Waals surface area contributed by atoms with E-state index in [1.807, 2.05) is 0 Å². The van der Waals surface area contributed by atoms with Crippen LogP contribution in [-0.2, 0) is 23.3 Å². The first-order valence-corrected chi connectivity index (χ1v) is 8.73. The van der Waals surface area contributed by atoms with Gasteiger partial charge in [0.15, 0.2) is 0 Å². The van der Waals surface area contributed by atoms with Crippen molar-refractivity contribution in [1.29, 1.82) is 0 Å². The number of aryl methyl sites for hydroxylation is 1. The highest BCUT2D eigenvalue weighted by molar-refractivity contribution is 7.90. The van der Waals surface area contributed by atoms with Crippen molar-refractivity contribution in [3.63, 3.8) is 0 Å². The number of fused-ring (bicyclic) bond motifs is 3. The van der Waals surface area contributed by atoms with Crippen LogP contribution in [0.25, 0.3) is 16.9 Å².